The molecule has 2 N–H and O–H groups in total. The van der Waals surface area contributed by atoms with Gasteiger partial charge in [0.1, 0.15) is 0 Å². The summed E-state index contributed by atoms with van der Waals surface area (Å²) in [5, 5.41) is 0. The first-order chi connectivity index (χ1) is 10.2. The lowest BCUT2D eigenvalue weighted by molar-refractivity contribution is 0.634. The Labute approximate surface area is 124 Å². The summed E-state index contributed by atoms with van der Waals surface area (Å²) in [6, 6.07) is 6.01. The van der Waals surface area contributed by atoms with Gasteiger partial charge in [0.05, 0.1) is 0 Å². The Balaban J connectivity index is 1.93. The van der Waals surface area contributed by atoms with Crippen LogP contribution in [-0.4, -0.2) is 16.1 Å². The zero-order valence-electron chi connectivity index (χ0n) is 12.2. The number of hydrogen-bond acceptors (Lipinski definition) is 4. The molecule has 21 heavy (non-hydrogen) atoms. The van der Waals surface area contributed by atoms with Crippen molar-refractivity contribution < 1.29 is 0 Å². The Morgan fingerprint density at radius 3 is 3.00 bits per heavy atom. The summed E-state index contributed by atoms with van der Waals surface area (Å²) in [6.45, 7) is 4.30. The second-order valence-corrected chi connectivity index (χ2v) is 5.45. The number of hydrogen-bond donors (Lipinski definition) is 1. The highest BCUT2D eigenvalue weighted by Crippen LogP contribution is 2.23. The quantitative estimate of drug-likeness (QED) is 0.873. The molecule has 1 aromatic heterocycles. The van der Waals surface area contributed by atoms with E-state index < -0.39 is 0 Å². The molecule has 0 unspecified atom stereocenters. The lowest BCUT2D eigenvalue weighted by atomic mass is 9.99. The minimum Gasteiger partial charge on any atom is -0.399 e. The molecule has 0 aliphatic carbocycles. The molecule has 1 aromatic carbocycles. The second kappa shape index (κ2) is 5.60. The van der Waals surface area contributed by atoms with Crippen LogP contribution in [0, 0.1) is 0 Å². The maximum absolute atomic E-state index is 12.5. The van der Waals surface area contributed by atoms with Crippen molar-refractivity contribution in [1.29, 1.82) is 0 Å². The molecule has 0 fully saturated rings. The fraction of sp³-hybridized carbons (Fsp3) is 0.375. The van der Waals surface area contributed by atoms with E-state index in [9.17, 15) is 4.79 Å². The first-order valence-electron chi connectivity index (χ1n) is 7.36. The average Bonchev–Trinajstić information content (AvgIpc) is 2.49. The highest BCUT2D eigenvalue weighted by Gasteiger charge is 2.20. The van der Waals surface area contributed by atoms with E-state index in [1.54, 1.807) is 17.0 Å². The van der Waals surface area contributed by atoms with Gasteiger partial charge in [-0.2, -0.15) is 0 Å². The van der Waals surface area contributed by atoms with Gasteiger partial charge in [-0.05, 0) is 36.1 Å². The third-order valence-corrected chi connectivity index (χ3v) is 3.90. The van der Waals surface area contributed by atoms with Crippen LogP contribution >= 0.6 is 0 Å². The van der Waals surface area contributed by atoms with E-state index in [0.717, 1.165) is 31.6 Å². The van der Waals surface area contributed by atoms with E-state index in [0.29, 0.717) is 12.4 Å². The number of aromatic nitrogens is 2. The average molecular weight is 284 g/mol. The van der Waals surface area contributed by atoms with Gasteiger partial charge in [-0.3, -0.25) is 4.79 Å². The monoisotopic (exact) mass is 284 g/mol. The normalized spacial score (nSPS) is 14.0. The summed E-state index contributed by atoms with van der Waals surface area (Å²) < 4.78 is 1.73. The number of nitrogen functional groups attached to an aromatic ring is 1. The van der Waals surface area contributed by atoms with Crippen LogP contribution in [0.2, 0.25) is 0 Å². The minimum atomic E-state index is -0.00768. The molecule has 0 spiro atoms. The summed E-state index contributed by atoms with van der Waals surface area (Å²) in [5.74, 6) is 0.541. The fourth-order valence-corrected chi connectivity index (χ4v) is 2.83. The van der Waals surface area contributed by atoms with Crippen molar-refractivity contribution in [2.75, 3.05) is 17.2 Å². The van der Waals surface area contributed by atoms with Crippen LogP contribution in [0.4, 0.5) is 11.5 Å². The molecule has 2 aromatic rings. The highest BCUT2D eigenvalue weighted by atomic mass is 16.1. The largest absolute Gasteiger partial charge is 0.399 e. The Kier molecular flexibility index (Phi) is 3.64. The Bertz CT molecular complexity index is 708. The smallest absolute Gasteiger partial charge is 0.293 e. The van der Waals surface area contributed by atoms with Gasteiger partial charge in [0.25, 0.3) is 5.56 Å². The van der Waals surface area contributed by atoms with E-state index >= 15 is 0 Å². The van der Waals surface area contributed by atoms with Gasteiger partial charge in [0.15, 0.2) is 5.82 Å². The molecule has 0 bridgehead atoms. The van der Waals surface area contributed by atoms with Crippen molar-refractivity contribution in [3.05, 3.63) is 52.1 Å². The molecule has 5 nitrogen and oxygen atoms in total. The van der Waals surface area contributed by atoms with Gasteiger partial charge in [-0.25, -0.2) is 4.98 Å². The summed E-state index contributed by atoms with van der Waals surface area (Å²) in [4.78, 5) is 18.8. The molecule has 2 heterocycles. The molecule has 110 valence electrons. The number of anilines is 2. The SMILES string of the molecule is CCCn1ccnc(N2CCc3ccc(N)cc3C2)c1=O. The van der Waals surface area contributed by atoms with Crippen molar-refractivity contribution in [2.45, 2.75) is 32.9 Å². The predicted octanol–water partition coefficient (Wildman–Crippen LogP) is 1.80. The second-order valence-electron chi connectivity index (χ2n) is 5.45. The summed E-state index contributed by atoms with van der Waals surface area (Å²) in [7, 11) is 0. The molecular weight excluding hydrogens is 264 g/mol. The molecular formula is C16H20N4O. The fourth-order valence-electron chi connectivity index (χ4n) is 2.83. The standard InChI is InChI=1S/C16H20N4O/c1-2-7-19-9-6-18-15(16(19)21)20-8-5-12-3-4-14(17)10-13(12)11-20/h3-4,6,9-10H,2,5,7-8,11,17H2,1H3. The molecule has 0 radical (unpaired) electrons. The van der Waals surface area contributed by atoms with Crippen molar-refractivity contribution in [3.63, 3.8) is 0 Å². The number of benzene rings is 1. The Hall–Kier alpha value is -2.30. The predicted molar refractivity (Wildman–Crippen MR) is 84.4 cm³/mol. The van der Waals surface area contributed by atoms with Crippen LogP contribution in [0.15, 0.2) is 35.4 Å². The molecule has 0 saturated carbocycles. The molecule has 3 rings (SSSR count). The number of aryl methyl sites for hydroxylation is 1. The van der Waals surface area contributed by atoms with Gasteiger partial charge < -0.3 is 15.2 Å². The van der Waals surface area contributed by atoms with Crippen LogP contribution in [0.5, 0.6) is 0 Å². The van der Waals surface area contributed by atoms with Gasteiger partial charge in [0, 0.05) is 37.7 Å². The van der Waals surface area contributed by atoms with E-state index in [2.05, 4.69) is 22.9 Å². The first kappa shape index (κ1) is 13.7. The molecule has 0 amide bonds. The highest BCUT2D eigenvalue weighted by molar-refractivity contribution is 5.49. The van der Waals surface area contributed by atoms with Crippen LogP contribution in [-0.2, 0) is 19.5 Å². The number of nitrogens with zero attached hydrogens (tertiary/aromatic N) is 3. The van der Waals surface area contributed by atoms with Gasteiger partial charge in [-0.15, -0.1) is 0 Å². The van der Waals surface area contributed by atoms with Gasteiger partial charge >= 0.3 is 0 Å². The first-order valence-corrected chi connectivity index (χ1v) is 7.36. The maximum atomic E-state index is 12.5. The van der Waals surface area contributed by atoms with E-state index in [-0.39, 0.29) is 5.56 Å². The minimum absolute atomic E-state index is 0.00768. The summed E-state index contributed by atoms with van der Waals surface area (Å²) >= 11 is 0. The zero-order valence-corrected chi connectivity index (χ0v) is 12.2. The number of rotatable bonds is 3. The van der Waals surface area contributed by atoms with E-state index in [4.69, 9.17) is 5.73 Å². The van der Waals surface area contributed by atoms with Crippen LogP contribution in [0.3, 0.4) is 0 Å². The molecule has 1 aliphatic rings. The Morgan fingerprint density at radius 2 is 2.19 bits per heavy atom. The van der Waals surface area contributed by atoms with Crippen LogP contribution < -0.4 is 16.2 Å². The molecule has 5 heteroatoms. The van der Waals surface area contributed by atoms with Crippen molar-refractivity contribution in [1.82, 2.24) is 9.55 Å². The summed E-state index contributed by atoms with van der Waals surface area (Å²) in [5.41, 5.74) is 9.11. The zero-order chi connectivity index (χ0) is 14.8. The van der Waals surface area contributed by atoms with Crippen LogP contribution in [0.25, 0.3) is 0 Å². The summed E-state index contributed by atoms with van der Waals surface area (Å²) in [6.07, 6.45) is 5.31. The van der Waals surface area contributed by atoms with Gasteiger partial charge in [0.2, 0.25) is 0 Å². The van der Waals surface area contributed by atoms with E-state index in [1.807, 2.05) is 12.1 Å². The topological polar surface area (TPSA) is 64.2 Å². The van der Waals surface area contributed by atoms with Crippen LogP contribution in [0.1, 0.15) is 24.5 Å². The molecule has 0 saturated heterocycles. The third-order valence-electron chi connectivity index (χ3n) is 3.90. The lowest BCUT2D eigenvalue weighted by Crippen LogP contribution is -2.37. The maximum Gasteiger partial charge on any atom is 0.293 e. The third kappa shape index (κ3) is 2.63. The number of nitrogens with two attached hydrogens (primary N) is 1. The number of fused-ring (bicyclic) bond motifs is 1. The van der Waals surface area contributed by atoms with Crippen molar-refractivity contribution >= 4 is 11.5 Å². The van der Waals surface area contributed by atoms with Crippen molar-refractivity contribution in [2.24, 2.45) is 0 Å². The Morgan fingerprint density at radius 1 is 1.33 bits per heavy atom. The van der Waals surface area contributed by atoms with Gasteiger partial charge in [-0.1, -0.05) is 13.0 Å². The van der Waals surface area contributed by atoms with E-state index in [1.165, 1.54) is 11.1 Å². The van der Waals surface area contributed by atoms with Crippen molar-refractivity contribution in [3.8, 4) is 0 Å². The molecule has 1 aliphatic heterocycles. The lowest BCUT2D eigenvalue weighted by Gasteiger charge is -2.29. The molecule has 0 atom stereocenters.